The van der Waals surface area contributed by atoms with E-state index in [1.165, 1.54) is 7.11 Å². The van der Waals surface area contributed by atoms with E-state index in [1.807, 2.05) is 9.80 Å². The third-order valence-corrected chi connectivity index (χ3v) is 8.87. The normalized spacial score (nSPS) is 18.9. The standard InChI is InChI=1S/C30H29ClN6O8S/c1-40-22-12-18(13-25-26(38)37(30(39)46-25)16-19-14-23-24(15-20(19)31)44-17-43-23)2-3-21(22)45-29-33-27(35-4-8-41-9-5-35)32-28(34-29)36-6-10-42-11-7-36/h2-3,12-15H,4-11,16-17H2,1H3/b25-13-. The number of carbonyl (C=O) groups is 2. The lowest BCUT2D eigenvalue weighted by molar-refractivity contribution is -0.123. The fraction of sp³-hybridized carbons (Fsp3) is 0.367. The molecule has 240 valence electrons. The lowest BCUT2D eigenvalue weighted by atomic mass is 10.1. The molecular formula is C30H29ClN6O8S. The number of anilines is 2. The Bertz CT molecular complexity index is 1660. The number of thioether (sulfide) groups is 1. The van der Waals surface area contributed by atoms with E-state index in [0.717, 1.165) is 16.7 Å². The summed E-state index contributed by atoms with van der Waals surface area (Å²) in [7, 11) is 1.51. The van der Waals surface area contributed by atoms with Gasteiger partial charge in [0, 0.05) is 37.3 Å². The van der Waals surface area contributed by atoms with Crippen LogP contribution in [-0.4, -0.2) is 97.5 Å². The van der Waals surface area contributed by atoms with Crippen LogP contribution in [0.4, 0.5) is 16.7 Å². The fourth-order valence-electron chi connectivity index (χ4n) is 5.19. The van der Waals surface area contributed by atoms with Gasteiger partial charge in [0.1, 0.15) is 0 Å². The maximum absolute atomic E-state index is 13.3. The average Bonchev–Trinajstić information content (AvgIpc) is 3.64. The molecule has 2 aromatic carbocycles. The number of nitrogens with zero attached hydrogens (tertiary/aromatic N) is 6. The molecule has 0 radical (unpaired) electrons. The van der Waals surface area contributed by atoms with Crippen molar-refractivity contribution in [1.82, 2.24) is 19.9 Å². The van der Waals surface area contributed by atoms with Gasteiger partial charge in [-0.2, -0.15) is 15.0 Å². The Labute approximate surface area is 273 Å². The topological polar surface area (TPSA) is 138 Å². The summed E-state index contributed by atoms with van der Waals surface area (Å²) in [5, 5.41) is -0.0289. The number of rotatable bonds is 8. The molecule has 4 aliphatic heterocycles. The molecule has 4 aliphatic rings. The maximum Gasteiger partial charge on any atom is 0.328 e. The number of fused-ring (bicyclic) bond motifs is 1. The molecule has 0 unspecified atom stereocenters. The minimum Gasteiger partial charge on any atom is -0.493 e. The summed E-state index contributed by atoms with van der Waals surface area (Å²) < 4.78 is 33.5. The zero-order valence-corrected chi connectivity index (χ0v) is 26.3. The van der Waals surface area contributed by atoms with Crippen LogP contribution in [0, 0.1) is 0 Å². The van der Waals surface area contributed by atoms with Gasteiger partial charge >= 0.3 is 6.01 Å². The van der Waals surface area contributed by atoms with Gasteiger partial charge in [-0.3, -0.25) is 14.5 Å². The van der Waals surface area contributed by atoms with Crippen molar-refractivity contribution in [3.8, 4) is 29.0 Å². The molecule has 3 saturated heterocycles. The summed E-state index contributed by atoms with van der Waals surface area (Å²) in [4.78, 5) is 45.5. The number of carbonyl (C=O) groups excluding carboxylic acids is 2. The van der Waals surface area contributed by atoms with Crippen LogP contribution in [0.3, 0.4) is 0 Å². The molecule has 5 heterocycles. The van der Waals surface area contributed by atoms with Crippen LogP contribution in [0.25, 0.3) is 6.08 Å². The summed E-state index contributed by atoms with van der Waals surface area (Å²) in [6, 6.07) is 8.59. The summed E-state index contributed by atoms with van der Waals surface area (Å²) in [5.41, 5.74) is 1.21. The third-order valence-electron chi connectivity index (χ3n) is 7.61. The Hall–Kier alpha value is -4.31. The number of amides is 2. The van der Waals surface area contributed by atoms with Gasteiger partial charge in [-0.1, -0.05) is 17.7 Å². The molecule has 0 saturated carbocycles. The first kappa shape index (κ1) is 30.3. The minimum absolute atomic E-state index is 0.00159. The monoisotopic (exact) mass is 668 g/mol. The first-order chi connectivity index (χ1) is 22.4. The van der Waals surface area contributed by atoms with Crippen molar-refractivity contribution in [3.05, 3.63) is 51.4 Å². The van der Waals surface area contributed by atoms with E-state index in [0.29, 0.717) is 104 Å². The van der Waals surface area contributed by atoms with Crippen molar-refractivity contribution in [2.45, 2.75) is 6.54 Å². The van der Waals surface area contributed by atoms with Crippen LogP contribution in [0.5, 0.6) is 29.0 Å². The molecule has 14 nitrogen and oxygen atoms in total. The fourth-order valence-corrected chi connectivity index (χ4v) is 6.24. The van der Waals surface area contributed by atoms with Gasteiger partial charge in [-0.05, 0) is 47.2 Å². The van der Waals surface area contributed by atoms with Gasteiger partial charge in [0.25, 0.3) is 11.1 Å². The summed E-state index contributed by atoms with van der Waals surface area (Å²) in [5.74, 6) is 2.38. The molecule has 46 heavy (non-hydrogen) atoms. The highest BCUT2D eigenvalue weighted by Crippen LogP contribution is 2.40. The smallest absolute Gasteiger partial charge is 0.328 e. The predicted octanol–water partition coefficient (Wildman–Crippen LogP) is 3.96. The van der Waals surface area contributed by atoms with E-state index < -0.39 is 11.1 Å². The van der Waals surface area contributed by atoms with E-state index in [-0.39, 0.29) is 24.3 Å². The van der Waals surface area contributed by atoms with E-state index >= 15 is 0 Å². The Kier molecular flexibility index (Phi) is 8.71. The Morgan fingerprint density at radius 1 is 0.891 bits per heavy atom. The van der Waals surface area contributed by atoms with Crippen LogP contribution in [-0.2, 0) is 20.8 Å². The molecule has 1 aromatic heterocycles. The molecule has 7 rings (SSSR count). The number of halogens is 1. The van der Waals surface area contributed by atoms with Crippen LogP contribution >= 0.6 is 23.4 Å². The van der Waals surface area contributed by atoms with Gasteiger partial charge < -0.3 is 38.2 Å². The predicted molar refractivity (Wildman–Crippen MR) is 168 cm³/mol. The van der Waals surface area contributed by atoms with Gasteiger partial charge in [0.15, 0.2) is 23.0 Å². The van der Waals surface area contributed by atoms with Gasteiger partial charge in [-0.15, -0.1) is 0 Å². The van der Waals surface area contributed by atoms with Crippen molar-refractivity contribution in [3.63, 3.8) is 0 Å². The van der Waals surface area contributed by atoms with Gasteiger partial charge in [-0.25, -0.2) is 0 Å². The largest absolute Gasteiger partial charge is 0.493 e. The number of morpholine rings is 2. The number of hydrogen-bond acceptors (Lipinski definition) is 14. The van der Waals surface area contributed by atoms with E-state index in [4.69, 9.17) is 45.0 Å². The zero-order chi connectivity index (χ0) is 31.6. The van der Waals surface area contributed by atoms with Crippen molar-refractivity contribution >= 4 is 52.5 Å². The van der Waals surface area contributed by atoms with Gasteiger partial charge in [0.05, 0.1) is 45.0 Å². The number of hydrogen-bond donors (Lipinski definition) is 0. The number of benzene rings is 2. The second kappa shape index (κ2) is 13.2. The van der Waals surface area contributed by atoms with Crippen molar-refractivity contribution in [2.75, 3.05) is 76.3 Å². The first-order valence-corrected chi connectivity index (χ1v) is 15.8. The minimum atomic E-state index is -0.431. The lowest BCUT2D eigenvalue weighted by Crippen LogP contribution is -2.40. The quantitative estimate of drug-likeness (QED) is 0.320. The Balaban J connectivity index is 1.11. The Morgan fingerprint density at radius 2 is 1.54 bits per heavy atom. The van der Waals surface area contributed by atoms with E-state index in [1.54, 1.807) is 36.4 Å². The molecular weight excluding hydrogens is 640 g/mol. The molecule has 0 spiro atoms. The third kappa shape index (κ3) is 6.35. The summed E-state index contributed by atoms with van der Waals surface area (Å²) in [6.07, 6.45) is 1.63. The molecule has 3 fully saturated rings. The second-order valence-electron chi connectivity index (χ2n) is 10.5. The maximum atomic E-state index is 13.3. The highest BCUT2D eigenvalue weighted by molar-refractivity contribution is 8.18. The summed E-state index contributed by atoms with van der Waals surface area (Å²) >= 11 is 7.24. The molecule has 0 bridgehead atoms. The molecule has 2 amide bonds. The number of aromatic nitrogens is 3. The van der Waals surface area contributed by atoms with Crippen LogP contribution in [0.2, 0.25) is 5.02 Å². The van der Waals surface area contributed by atoms with Crippen molar-refractivity contribution in [2.24, 2.45) is 0 Å². The number of methoxy groups -OCH3 is 1. The Morgan fingerprint density at radius 3 is 2.20 bits per heavy atom. The van der Waals surface area contributed by atoms with Gasteiger partial charge in [0.2, 0.25) is 18.7 Å². The molecule has 16 heteroatoms. The molecule has 0 N–H and O–H groups in total. The molecule has 0 atom stereocenters. The van der Waals surface area contributed by atoms with Crippen LogP contribution < -0.4 is 28.7 Å². The first-order valence-electron chi connectivity index (χ1n) is 14.6. The van der Waals surface area contributed by atoms with E-state index in [2.05, 4.69) is 9.97 Å². The van der Waals surface area contributed by atoms with Crippen LogP contribution in [0.15, 0.2) is 35.2 Å². The SMILES string of the molecule is COc1cc(/C=C2\SC(=O)N(Cc3cc4c(cc3Cl)OCO4)C2=O)ccc1Oc1nc(N2CCOCC2)nc(N2CCOCC2)n1. The molecule has 0 aliphatic carbocycles. The number of imide groups is 1. The highest BCUT2D eigenvalue weighted by atomic mass is 35.5. The van der Waals surface area contributed by atoms with Crippen LogP contribution in [0.1, 0.15) is 11.1 Å². The average molecular weight is 669 g/mol. The lowest BCUT2D eigenvalue weighted by Gasteiger charge is -2.30. The van der Waals surface area contributed by atoms with Crippen molar-refractivity contribution in [1.29, 1.82) is 0 Å². The number of ether oxygens (including phenoxy) is 6. The zero-order valence-electron chi connectivity index (χ0n) is 24.8. The molecule has 3 aromatic rings. The van der Waals surface area contributed by atoms with E-state index in [9.17, 15) is 9.59 Å². The summed E-state index contributed by atoms with van der Waals surface area (Å²) in [6.45, 7) is 5.01. The second-order valence-corrected chi connectivity index (χ2v) is 11.9. The van der Waals surface area contributed by atoms with Crippen molar-refractivity contribution < 1.29 is 38.0 Å². The highest BCUT2D eigenvalue weighted by Gasteiger charge is 2.36.